The van der Waals surface area contributed by atoms with Crippen LogP contribution in [-0.4, -0.2) is 25.0 Å². The van der Waals surface area contributed by atoms with Crippen molar-refractivity contribution < 1.29 is 0 Å². The fourth-order valence-corrected chi connectivity index (χ4v) is 3.41. The van der Waals surface area contributed by atoms with Crippen molar-refractivity contribution in [2.45, 2.75) is 53.0 Å². The van der Waals surface area contributed by atoms with Crippen LogP contribution in [0, 0.1) is 5.92 Å². The molecule has 7 heteroatoms. The number of anilines is 2. The molecule has 1 N–H and O–H groups in total. The van der Waals surface area contributed by atoms with Gasteiger partial charge in [0.25, 0.3) is 0 Å². The Bertz CT molecular complexity index is 885. The van der Waals surface area contributed by atoms with Crippen molar-refractivity contribution in [3.05, 3.63) is 34.6 Å². The fraction of sp³-hybridized carbons (Fsp3) is 0.474. The molecule has 2 heterocycles. The largest absolute Gasteiger partial charge is 0.337 e. The molecule has 0 aliphatic heterocycles. The number of nitrogens with one attached hydrogen (secondary N) is 1. The van der Waals surface area contributed by atoms with E-state index >= 15 is 0 Å². The molecule has 0 bridgehead atoms. The van der Waals surface area contributed by atoms with Crippen LogP contribution in [-0.2, 0) is 6.54 Å². The van der Waals surface area contributed by atoms with E-state index in [4.69, 9.17) is 0 Å². The van der Waals surface area contributed by atoms with Crippen LogP contribution < -0.4 is 5.32 Å². The Balaban J connectivity index is 1.91. The average Bonchev–Trinajstić information content (AvgIpc) is 3.05. The Kier molecular flexibility index (Phi) is 5.86. The molecular weight excluding hydrogens is 392 g/mol. The number of aromatic nitrogens is 5. The second-order valence-electron chi connectivity index (χ2n) is 6.87. The van der Waals surface area contributed by atoms with Crippen LogP contribution in [0.25, 0.3) is 11.2 Å². The zero-order valence-corrected chi connectivity index (χ0v) is 17.3. The Labute approximate surface area is 162 Å². The highest BCUT2D eigenvalue weighted by atomic mass is 79.9. The van der Waals surface area contributed by atoms with Gasteiger partial charge in [0.1, 0.15) is 6.33 Å². The number of halogens is 1. The van der Waals surface area contributed by atoms with Gasteiger partial charge in [-0.3, -0.25) is 0 Å². The Morgan fingerprint density at radius 1 is 1.15 bits per heavy atom. The highest BCUT2D eigenvalue weighted by molar-refractivity contribution is 9.10. The highest BCUT2D eigenvalue weighted by Crippen LogP contribution is 2.30. The second kappa shape index (κ2) is 8.12. The van der Waals surface area contributed by atoms with Crippen molar-refractivity contribution in [2.75, 3.05) is 5.32 Å². The number of hydrogen-bond donors (Lipinski definition) is 1. The molecule has 0 amide bonds. The molecule has 138 valence electrons. The van der Waals surface area contributed by atoms with E-state index in [9.17, 15) is 0 Å². The minimum Gasteiger partial charge on any atom is -0.337 e. The molecule has 0 aliphatic rings. The lowest BCUT2D eigenvalue weighted by Gasteiger charge is -2.12. The average molecular weight is 417 g/mol. The summed E-state index contributed by atoms with van der Waals surface area (Å²) in [5, 5.41) is 12.0. The molecule has 0 unspecified atom stereocenters. The maximum atomic E-state index is 4.40. The third-order valence-corrected chi connectivity index (χ3v) is 5.45. The minimum absolute atomic E-state index is 0.482. The van der Waals surface area contributed by atoms with E-state index in [0.717, 1.165) is 35.2 Å². The van der Waals surface area contributed by atoms with Gasteiger partial charge in [-0.1, -0.05) is 51.8 Å². The smallest absolute Gasteiger partial charge is 0.183 e. The summed E-state index contributed by atoms with van der Waals surface area (Å²) in [7, 11) is 0. The van der Waals surface area contributed by atoms with Crippen molar-refractivity contribution in [1.29, 1.82) is 0 Å². The van der Waals surface area contributed by atoms with Gasteiger partial charge in [-0.15, -0.1) is 5.10 Å². The number of hydrogen-bond acceptors (Lipinski definition) is 5. The standard InChI is InChI=1S/C19H25BrN6/c1-5-13(6-2)10-26-19-17(24-25-26)18(21-11-22-19)23-16-8-7-14(12(3)4)9-15(16)20/h7-9,11-13H,5-6,10H2,1-4H3,(H,21,22,23). The monoisotopic (exact) mass is 416 g/mol. The molecule has 1 aromatic carbocycles. The van der Waals surface area contributed by atoms with Gasteiger partial charge in [-0.2, -0.15) is 0 Å². The van der Waals surface area contributed by atoms with Gasteiger partial charge in [0, 0.05) is 11.0 Å². The van der Waals surface area contributed by atoms with Crippen LogP contribution in [0.2, 0.25) is 0 Å². The Morgan fingerprint density at radius 3 is 2.58 bits per heavy atom. The molecule has 0 saturated heterocycles. The normalized spacial score (nSPS) is 11.7. The Morgan fingerprint density at radius 2 is 1.92 bits per heavy atom. The van der Waals surface area contributed by atoms with E-state index < -0.39 is 0 Å². The predicted molar refractivity (Wildman–Crippen MR) is 109 cm³/mol. The number of fused-ring (bicyclic) bond motifs is 1. The molecule has 0 atom stereocenters. The zero-order valence-electron chi connectivity index (χ0n) is 15.7. The molecule has 3 rings (SSSR count). The zero-order chi connectivity index (χ0) is 18.7. The SMILES string of the molecule is CCC(CC)Cn1nnc2c(Nc3ccc(C(C)C)cc3Br)ncnc21. The van der Waals surface area contributed by atoms with Gasteiger partial charge in [-0.25, -0.2) is 14.6 Å². The van der Waals surface area contributed by atoms with Crippen LogP contribution in [0.5, 0.6) is 0 Å². The van der Waals surface area contributed by atoms with Crippen molar-refractivity contribution in [2.24, 2.45) is 5.92 Å². The van der Waals surface area contributed by atoms with Crippen LogP contribution in [0.4, 0.5) is 11.5 Å². The molecule has 2 aromatic heterocycles. The Hall–Kier alpha value is -2.02. The van der Waals surface area contributed by atoms with Crippen LogP contribution in [0.15, 0.2) is 29.0 Å². The van der Waals surface area contributed by atoms with Gasteiger partial charge in [0.05, 0.1) is 5.69 Å². The summed E-state index contributed by atoms with van der Waals surface area (Å²) in [6.07, 6.45) is 3.79. The molecule has 0 fully saturated rings. The van der Waals surface area contributed by atoms with Crippen LogP contribution >= 0.6 is 15.9 Å². The van der Waals surface area contributed by atoms with Crippen LogP contribution in [0.3, 0.4) is 0 Å². The van der Waals surface area contributed by atoms with Gasteiger partial charge >= 0.3 is 0 Å². The second-order valence-corrected chi connectivity index (χ2v) is 7.72. The first-order chi connectivity index (χ1) is 12.5. The summed E-state index contributed by atoms with van der Waals surface area (Å²) in [5.74, 6) is 1.73. The summed E-state index contributed by atoms with van der Waals surface area (Å²) in [5.41, 5.74) is 3.69. The lowest BCUT2D eigenvalue weighted by molar-refractivity contribution is 0.396. The molecule has 0 saturated carbocycles. The maximum absolute atomic E-state index is 4.40. The highest BCUT2D eigenvalue weighted by Gasteiger charge is 2.15. The van der Waals surface area contributed by atoms with Gasteiger partial charge in [0.2, 0.25) is 0 Å². The molecule has 26 heavy (non-hydrogen) atoms. The minimum atomic E-state index is 0.482. The molecule has 0 aliphatic carbocycles. The van der Waals surface area contributed by atoms with Crippen molar-refractivity contribution in [3.8, 4) is 0 Å². The number of rotatable bonds is 7. The molecule has 6 nitrogen and oxygen atoms in total. The summed E-state index contributed by atoms with van der Waals surface area (Å²) in [6.45, 7) is 9.59. The van der Waals surface area contributed by atoms with E-state index in [-0.39, 0.29) is 0 Å². The molecule has 3 aromatic rings. The third-order valence-electron chi connectivity index (χ3n) is 4.80. The molecule has 0 spiro atoms. The van der Waals surface area contributed by atoms with E-state index in [1.54, 1.807) is 6.33 Å². The van der Waals surface area contributed by atoms with Crippen molar-refractivity contribution in [1.82, 2.24) is 25.0 Å². The lowest BCUT2D eigenvalue weighted by Crippen LogP contribution is -2.11. The van der Waals surface area contributed by atoms with E-state index in [1.165, 1.54) is 5.56 Å². The maximum Gasteiger partial charge on any atom is 0.183 e. The summed E-state index contributed by atoms with van der Waals surface area (Å²) < 4.78 is 2.89. The predicted octanol–water partition coefficient (Wildman–Crippen LogP) is 5.29. The van der Waals surface area contributed by atoms with Gasteiger partial charge in [0.15, 0.2) is 17.0 Å². The lowest BCUT2D eigenvalue weighted by atomic mass is 10.0. The van der Waals surface area contributed by atoms with Crippen molar-refractivity contribution in [3.63, 3.8) is 0 Å². The summed E-state index contributed by atoms with van der Waals surface area (Å²) in [4.78, 5) is 8.77. The first-order valence-corrected chi connectivity index (χ1v) is 9.93. The van der Waals surface area contributed by atoms with E-state index in [1.807, 2.05) is 4.68 Å². The first-order valence-electron chi connectivity index (χ1n) is 9.14. The molecule has 0 radical (unpaired) electrons. The topological polar surface area (TPSA) is 68.5 Å². The first kappa shape index (κ1) is 18.8. The fourth-order valence-electron chi connectivity index (χ4n) is 2.92. The van der Waals surface area contributed by atoms with Gasteiger partial charge < -0.3 is 5.32 Å². The van der Waals surface area contributed by atoms with E-state index in [2.05, 4.69) is 87.4 Å². The van der Waals surface area contributed by atoms with Crippen molar-refractivity contribution >= 4 is 38.6 Å². The van der Waals surface area contributed by atoms with E-state index in [0.29, 0.717) is 23.2 Å². The summed E-state index contributed by atoms with van der Waals surface area (Å²) in [6, 6.07) is 6.32. The van der Waals surface area contributed by atoms with Gasteiger partial charge in [-0.05, 0) is 45.5 Å². The number of benzene rings is 1. The third kappa shape index (κ3) is 3.87. The summed E-state index contributed by atoms with van der Waals surface area (Å²) >= 11 is 3.65. The number of nitrogens with zero attached hydrogens (tertiary/aromatic N) is 5. The quantitative estimate of drug-likeness (QED) is 0.566. The van der Waals surface area contributed by atoms with Crippen LogP contribution in [0.1, 0.15) is 52.0 Å². The molecular formula is C19H25BrN6.